The van der Waals surface area contributed by atoms with Crippen molar-refractivity contribution in [3.63, 3.8) is 0 Å². The highest BCUT2D eigenvalue weighted by Gasteiger charge is 2.50. The number of rotatable bonds is 9. The summed E-state index contributed by atoms with van der Waals surface area (Å²) in [6.07, 6.45) is 3.61. The van der Waals surface area contributed by atoms with Crippen molar-refractivity contribution in [3.05, 3.63) is 72.8 Å². The number of ether oxygens (including phenoxy) is 1. The van der Waals surface area contributed by atoms with Gasteiger partial charge in [-0.15, -0.1) is 0 Å². The highest BCUT2D eigenvalue weighted by Crippen LogP contribution is 2.37. The minimum atomic E-state index is -2.50. The molecule has 0 spiro atoms. The zero-order chi connectivity index (χ0) is 21.6. The largest absolute Gasteiger partial charge is 0.407 e. The van der Waals surface area contributed by atoms with Gasteiger partial charge in [-0.3, -0.25) is 0 Å². The Morgan fingerprint density at radius 3 is 2.07 bits per heavy atom. The molecule has 0 radical (unpaired) electrons. The first-order valence-corrected chi connectivity index (χ1v) is 13.0. The first kappa shape index (κ1) is 23.0. The molecule has 4 heteroatoms. The molecule has 0 unspecified atom stereocenters. The Morgan fingerprint density at radius 2 is 1.57 bits per heavy atom. The van der Waals surface area contributed by atoms with Crippen LogP contribution in [-0.4, -0.2) is 38.8 Å². The second-order valence-electron chi connectivity index (χ2n) is 9.28. The Kier molecular flexibility index (Phi) is 7.69. The predicted octanol–water partition coefficient (Wildman–Crippen LogP) is 4.44. The number of hydrogen-bond donors (Lipinski definition) is 1. The van der Waals surface area contributed by atoms with Crippen LogP contribution < -0.4 is 10.4 Å². The van der Waals surface area contributed by atoms with E-state index in [-0.39, 0.29) is 23.9 Å². The van der Waals surface area contributed by atoms with Crippen LogP contribution in [0.15, 0.2) is 72.8 Å². The number of benzene rings is 2. The molecular formula is C26H36O3Si. The normalized spacial score (nSPS) is 19.9. The summed E-state index contributed by atoms with van der Waals surface area (Å²) in [7, 11) is -2.50. The minimum Gasteiger partial charge on any atom is -0.407 e. The molecular weight excluding hydrogens is 388 g/mol. The summed E-state index contributed by atoms with van der Waals surface area (Å²) >= 11 is 0. The summed E-state index contributed by atoms with van der Waals surface area (Å²) in [5, 5.41) is 11.7. The Labute approximate surface area is 182 Å². The smallest absolute Gasteiger partial charge is 0.261 e. The Hall–Kier alpha value is -1.72. The average molecular weight is 425 g/mol. The summed E-state index contributed by atoms with van der Waals surface area (Å²) in [4.78, 5) is 0. The van der Waals surface area contributed by atoms with E-state index in [1.807, 2.05) is 0 Å². The fourth-order valence-corrected chi connectivity index (χ4v) is 9.22. The summed E-state index contributed by atoms with van der Waals surface area (Å²) in [6.45, 7) is 12.0. The van der Waals surface area contributed by atoms with E-state index in [1.165, 1.54) is 10.4 Å². The lowest BCUT2D eigenvalue weighted by Gasteiger charge is -2.43. The van der Waals surface area contributed by atoms with Crippen LogP contribution in [0.4, 0.5) is 0 Å². The molecule has 162 valence electrons. The van der Waals surface area contributed by atoms with Crippen molar-refractivity contribution in [3.8, 4) is 0 Å². The van der Waals surface area contributed by atoms with Gasteiger partial charge >= 0.3 is 0 Å². The molecule has 3 nitrogen and oxygen atoms in total. The molecule has 0 aromatic heterocycles. The van der Waals surface area contributed by atoms with Crippen molar-refractivity contribution < 1.29 is 14.3 Å². The highest BCUT2D eigenvalue weighted by atomic mass is 28.4. The van der Waals surface area contributed by atoms with Crippen LogP contribution in [-0.2, 0) is 9.16 Å². The predicted molar refractivity (Wildman–Crippen MR) is 127 cm³/mol. The molecule has 1 aliphatic heterocycles. The molecule has 2 aromatic rings. The second-order valence-corrected chi connectivity index (χ2v) is 13.6. The molecule has 0 bridgehead atoms. The summed E-state index contributed by atoms with van der Waals surface area (Å²) < 4.78 is 13.2. The molecule has 1 heterocycles. The van der Waals surface area contributed by atoms with Crippen molar-refractivity contribution >= 4 is 18.7 Å². The van der Waals surface area contributed by atoms with Gasteiger partial charge in [-0.1, -0.05) is 88.0 Å². The number of aliphatic hydroxyl groups excluding tert-OH is 1. The lowest BCUT2D eigenvalue weighted by Crippen LogP contribution is -2.66. The molecule has 1 aliphatic rings. The lowest BCUT2D eigenvalue weighted by atomic mass is 10.0. The molecule has 0 saturated carbocycles. The molecule has 1 fully saturated rings. The third-order valence-electron chi connectivity index (χ3n) is 6.10. The van der Waals surface area contributed by atoms with Gasteiger partial charge in [-0.05, 0) is 46.7 Å². The van der Waals surface area contributed by atoms with Gasteiger partial charge in [0, 0.05) is 13.2 Å². The van der Waals surface area contributed by atoms with Crippen molar-refractivity contribution in [2.24, 2.45) is 0 Å². The van der Waals surface area contributed by atoms with Gasteiger partial charge < -0.3 is 14.3 Å². The minimum absolute atomic E-state index is 0.0209. The van der Waals surface area contributed by atoms with Crippen molar-refractivity contribution in [1.82, 2.24) is 0 Å². The fraction of sp³-hybridized carbons (Fsp3) is 0.462. The van der Waals surface area contributed by atoms with Crippen molar-refractivity contribution in [1.29, 1.82) is 0 Å². The molecule has 0 aliphatic carbocycles. The first-order valence-electron chi connectivity index (χ1n) is 11.1. The van der Waals surface area contributed by atoms with Crippen LogP contribution in [0.3, 0.4) is 0 Å². The molecule has 3 rings (SSSR count). The van der Waals surface area contributed by atoms with Gasteiger partial charge in [0.05, 0.1) is 12.2 Å². The molecule has 1 saturated heterocycles. The van der Waals surface area contributed by atoms with E-state index in [1.54, 1.807) is 0 Å². The van der Waals surface area contributed by atoms with E-state index in [0.717, 1.165) is 31.3 Å². The summed E-state index contributed by atoms with van der Waals surface area (Å²) in [5.41, 5.74) is 1.16. The Bertz CT molecular complexity index is 759. The maximum absolute atomic E-state index is 9.09. The number of hydrogen-bond acceptors (Lipinski definition) is 3. The quantitative estimate of drug-likeness (QED) is 0.478. The Balaban J connectivity index is 1.81. The zero-order valence-electron chi connectivity index (χ0n) is 18.6. The maximum Gasteiger partial charge on any atom is 0.261 e. The van der Waals surface area contributed by atoms with Gasteiger partial charge in [0.2, 0.25) is 0 Å². The van der Waals surface area contributed by atoms with Gasteiger partial charge in [0.1, 0.15) is 0 Å². The van der Waals surface area contributed by atoms with E-state index >= 15 is 0 Å². The van der Waals surface area contributed by atoms with Gasteiger partial charge in [-0.2, -0.15) is 0 Å². The average Bonchev–Trinajstić information content (AvgIpc) is 3.09. The molecule has 1 N–H and O–H groups in total. The molecule has 0 amide bonds. The monoisotopic (exact) mass is 424 g/mol. The third-order valence-corrected chi connectivity index (χ3v) is 11.1. The lowest BCUT2D eigenvalue weighted by molar-refractivity contribution is 0.0323. The maximum atomic E-state index is 9.09. The molecule has 2 aromatic carbocycles. The van der Waals surface area contributed by atoms with E-state index in [2.05, 4.69) is 88.0 Å². The Morgan fingerprint density at radius 1 is 1.00 bits per heavy atom. The van der Waals surface area contributed by atoms with Crippen LogP contribution in [0, 0.1) is 0 Å². The van der Waals surface area contributed by atoms with Gasteiger partial charge in [-0.25, -0.2) is 0 Å². The van der Waals surface area contributed by atoms with Crippen LogP contribution in [0.1, 0.15) is 46.5 Å². The second kappa shape index (κ2) is 10.1. The van der Waals surface area contributed by atoms with E-state index < -0.39 is 8.32 Å². The third kappa shape index (κ3) is 4.94. The van der Waals surface area contributed by atoms with Crippen LogP contribution in [0.2, 0.25) is 5.04 Å². The van der Waals surface area contributed by atoms with Gasteiger partial charge in [0.15, 0.2) is 0 Å². The summed E-state index contributed by atoms with van der Waals surface area (Å²) in [5.74, 6) is 0. The summed E-state index contributed by atoms with van der Waals surface area (Å²) in [6, 6.07) is 21.5. The fourth-order valence-electron chi connectivity index (χ4n) is 4.64. The SMILES string of the molecule is C=C1C[C@H](CCCO)O[C@H]1CCO[Si](c1ccccc1)(c1ccccc1)C(C)(C)C. The van der Waals surface area contributed by atoms with Crippen molar-refractivity contribution in [2.45, 2.75) is 63.7 Å². The van der Waals surface area contributed by atoms with E-state index in [4.69, 9.17) is 14.3 Å². The molecule has 2 atom stereocenters. The number of aliphatic hydroxyl groups is 1. The topological polar surface area (TPSA) is 38.7 Å². The van der Waals surface area contributed by atoms with Crippen LogP contribution in [0.25, 0.3) is 0 Å². The van der Waals surface area contributed by atoms with E-state index in [9.17, 15) is 0 Å². The first-order chi connectivity index (χ1) is 14.4. The van der Waals surface area contributed by atoms with Crippen LogP contribution >= 0.6 is 0 Å². The van der Waals surface area contributed by atoms with Crippen LogP contribution in [0.5, 0.6) is 0 Å². The zero-order valence-corrected chi connectivity index (χ0v) is 19.6. The standard InChI is InChI=1S/C26H36O3Si/c1-21-20-22(12-11-18-27)29-25(21)17-19-28-30(26(2,3)4,23-13-7-5-8-14-23)24-15-9-6-10-16-24/h5-10,13-16,22,25,27H,1,11-12,17-20H2,2-4H3/t22-,25-/m0/s1. The highest BCUT2D eigenvalue weighted by molar-refractivity contribution is 6.99. The van der Waals surface area contributed by atoms with Crippen molar-refractivity contribution in [2.75, 3.05) is 13.2 Å². The van der Waals surface area contributed by atoms with E-state index in [0.29, 0.717) is 6.61 Å². The molecule has 30 heavy (non-hydrogen) atoms. The van der Waals surface area contributed by atoms with Gasteiger partial charge in [0.25, 0.3) is 8.32 Å².